The molecule has 34 heavy (non-hydrogen) atoms. The number of nitrogens with one attached hydrogen (secondary N) is 2. The monoisotopic (exact) mass is 466 g/mol. The molecule has 2 aromatic rings. The largest absolute Gasteiger partial charge is 0.378 e. The van der Waals surface area contributed by atoms with Crippen LogP contribution in [0.5, 0.6) is 0 Å². The van der Waals surface area contributed by atoms with Crippen molar-refractivity contribution in [2.75, 3.05) is 67.7 Å². The van der Waals surface area contributed by atoms with Crippen molar-refractivity contribution < 1.29 is 19.1 Å². The lowest BCUT2D eigenvalue weighted by Crippen LogP contribution is -2.41. The smallest absolute Gasteiger partial charge is 0.256 e. The van der Waals surface area contributed by atoms with E-state index in [2.05, 4.69) is 26.5 Å². The van der Waals surface area contributed by atoms with Crippen molar-refractivity contribution in [1.82, 2.24) is 5.32 Å². The molecule has 0 radical (unpaired) electrons. The van der Waals surface area contributed by atoms with Gasteiger partial charge in [-0.3, -0.25) is 9.59 Å². The molecule has 2 heterocycles. The van der Waals surface area contributed by atoms with Gasteiger partial charge in [-0.15, -0.1) is 0 Å². The zero-order chi connectivity index (χ0) is 24.1. The maximum atomic E-state index is 13.4. The number of carbonyl (C=O) groups is 2. The number of hydrogen-bond donors (Lipinski definition) is 2. The Labute approximate surface area is 201 Å². The highest BCUT2D eigenvalue weighted by Gasteiger charge is 2.23. The molecule has 2 fully saturated rings. The second kappa shape index (κ2) is 10.4. The molecule has 0 aromatic heterocycles. The number of ether oxygens (including phenoxy) is 2. The van der Waals surface area contributed by atoms with Gasteiger partial charge in [-0.25, -0.2) is 0 Å². The number of amides is 2. The molecule has 8 heteroatoms. The molecule has 182 valence electrons. The lowest BCUT2D eigenvalue weighted by atomic mass is 10.0. The summed E-state index contributed by atoms with van der Waals surface area (Å²) in [6.45, 7) is 11.6. The highest BCUT2D eigenvalue weighted by atomic mass is 16.5. The normalized spacial score (nSPS) is 16.8. The lowest BCUT2D eigenvalue weighted by molar-refractivity contribution is 0.0909. The molecule has 2 amide bonds. The molecule has 2 aliphatic heterocycles. The van der Waals surface area contributed by atoms with Crippen LogP contribution in [0.2, 0.25) is 0 Å². The van der Waals surface area contributed by atoms with Gasteiger partial charge in [0.15, 0.2) is 0 Å². The first kappa shape index (κ1) is 24.0. The Balaban J connectivity index is 1.62. The van der Waals surface area contributed by atoms with Gasteiger partial charge in [-0.1, -0.05) is 12.1 Å². The van der Waals surface area contributed by atoms with Gasteiger partial charge >= 0.3 is 0 Å². The van der Waals surface area contributed by atoms with Crippen LogP contribution in [0.4, 0.5) is 17.1 Å². The fourth-order valence-electron chi connectivity index (χ4n) is 4.19. The van der Waals surface area contributed by atoms with Crippen molar-refractivity contribution in [3.05, 3.63) is 53.6 Å². The molecule has 2 N–H and O–H groups in total. The Morgan fingerprint density at radius 2 is 1.35 bits per heavy atom. The number of carbonyl (C=O) groups excluding carboxylic acids is 2. The predicted molar refractivity (Wildman–Crippen MR) is 134 cm³/mol. The number of hydrogen-bond acceptors (Lipinski definition) is 6. The molecular formula is C26H34N4O4. The van der Waals surface area contributed by atoms with Crippen LogP contribution in [-0.2, 0) is 9.47 Å². The molecule has 0 aliphatic carbocycles. The fourth-order valence-corrected chi connectivity index (χ4v) is 4.19. The molecule has 2 aromatic carbocycles. The summed E-state index contributed by atoms with van der Waals surface area (Å²) in [5.41, 5.74) is 3.07. The Bertz CT molecular complexity index is 1020. The van der Waals surface area contributed by atoms with Crippen LogP contribution in [-0.4, -0.2) is 70.0 Å². The molecule has 0 unspecified atom stereocenters. The van der Waals surface area contributed by atoms with Crippen molar-refractivity contribution >= 4 is 28.9 Å². The molecular weight excluding hydrogens is 432 g/mol. The molecule has 0 spiro atoms. The molecule has 0 atom stereocenters. The highest BCUT2D eigenvalue weighted by Crippen LogP contribution is 2.32. The average Bonchev–Trinajstić information content (AvgIpc) is 2.84. The molecule has 4 rings (SSSR count). The van der Waals surface area contributed by atoms with Crippen LogP contribution < -0.4 is 20.4 Å². The van der Waals surface area contributed by atoms with Crippen LogP contribution in [0.3, 0.4) is 0 Å². The first-order valence-corrected chi connectivity index (χ1v) is 11.8. The number of anilines is 3. The van der Waals surface area contributed by atoms with Crippen LogP contribution in [0.1, 0.15) is 41.5 Å². The van der Waals surface area contributed by atoms with Gasteiger partial charge in [0.05, 0.1) is 48.9 Å². The van der Waals surface area contributed by atoms with E-state index in [0.717, 1.165) is 43.2 Å². The standard InChI is InChI=1S/C26H34N4O4/c1-26(2,3)28-25(32)21-7-5-4-6-20(21)24(31)27-22-9-8-19(29-10-14-33-15-11-29)18-23(22)30-12-16-34-17-13-30/h4-9,18H,10-17H2,1-3H3,(H,27,31)(H,28,32). The van der Waals surface area contributed by atoms with Crippen LogP contribution >= 0.6 is 0 Å². The number of rotatable bonds is 5. The van der Waals surface area contributed by atoms with Gasteiger partial charge in [0, 0.05) is 37.4 Å². The minimum atomic E-state index is -0.403. The molecule has 2 saturated heterocycles. The highest BCUT2D eigenvalue weighted by molar-refractivity contribution is 6.13. The van der Waals surface area contributed by atoms with Crippen molar-refractivity contribution in [1.29, 1.82) is 0 Å². The zero-order valence-corrected chi connectivity index (χ0v) is 20.2. The van der Waals surface area contributed by atoms with Crippen LogP contribution in [0.15, 0.2) is 42.5 Å². The van der Waals surface area contributed by atoms with Gasteiger partial charge in [-0.05, 0) is 51.1 Å². The Morgan fingerprint density at radius 3 is 1.94 bits per heavy atom. The van der Waals surface area contributed by atoms with Gasteiger partial charge in [0.2, 0.25) is 0 Å². The maximum absolute atomic E-state index is 13.4. The summed E-state index contributed by atoms with van der Waals surface area (Å²) in [5.74, 6) is -0.581. The molecule has 0 saturated carbocycles. The van der Waals surface area contributed by atoms with E-state index < -0.39 is 5.54 Å². The van der Waals surface area contributed by atoms with Gasteiger partial charge in [0.25, 0.3) is 11.8 Å². The number of nitrogens with zero attached hydrogens (tertiary/aromatic N) is 2. The number of benzene rings is 2. The summed E-state index contributed by atoms with van der Waals surface area (Å²) in [7, 11) is 0. The lowest BCUT2D eigenvalue weighted by Gasteiger charge is -2.33. The maximum Gasteiger partial charge on any atom is 0.256 e. The fraction of sp³-hybridized carbons (Fsp3) is 0.462. The summed E-state index contributed by atoms with van der Waals surface area (Å²) in [6, 6.07) is 13.0. The minimum absolute atomic E-state index is 0.269. The third kappa shape index (κ3) is 5.87. The Morgan fingerprint density at radius 1 is 0.794 bits per heavy atom. The predicted octanol–water partition coefficient (Wildman–Crippen LogP) is 3.14. The summed E-state index contributed by atoms with van der Waals surface area (Å²) >= 11 is 0. The van der Waals surface area contributed by atoms with E-state index in [-0.39, 0.29) is 11.8 Å². The van der Waals surface area contributed by atoms with Crippen molar-refractivity contribution in [3.63, 3.8) is 0 Å². The van der Waals surface area contributed by atoms with Gasteiger partial charge < -0.3 is 29.9 Å². The topological polar surface area (TPSA) is 83.1 Å². The second-order valence-electron chi connectivity index (χ2n) is 9.60. The van der Waals surface area contributed by atoms with Crippen molar-refractivity contribution in [2.45, 2.75) is 26.3 Å². The summed E-state index contributed by atoms with van der Waals surface area (Å²) in [6.07, 6.45) is 0. The summed E-state index contributed by atoms with van der Waals surface area (Å²) < 4.78 is 11.0. The molecule has 2 aliphatic rings. The van der Waals surface area contributed by atoms with Gasteiger partial charge in [-0.2, -0.15) is 0 Å². The minimum Gasteiger partial charge on any atom is -0.378 e. The van der Waals surface area contributed by atoms with Crippen LogP contribution in [0.25, 0.3) is 0 Å². The van der Waals surface area contributed by atoms with E-state index in [1.165, 1.54) is 0 Å². The SMILES string of the molecule is CC(C)(C)NC(=O)c1ccccc1C(=O)Nc1ccc(N2CCOCC2)cc1N1CCOCC1. The van der Waals surface area contributed by atoms with E-state index in [0.29, 0.717) is 37.6 Å². The Kier molecular flexibility index (Phi) is 7.38. The average molecular weight is 467 g/mol. The van der Waals surface area contributed by atoms with Crippen molar-refractivity contribution in [3.8, 4) is 0 Å². The first-order valence-electron chi connectivity index (χ1n) is 11.8. The van der Waals surface area contributed by atoms with E-state index in [1.807, 2.05) is 32.9 Å². The van der Waals surface area contributed by atoms with Crippen molar-refractivity contribution in [2.24, 2.45) is 0 Å². The quantitative estimate of drug-likeness (QED) is 0.705. The second-order valence-corrected chi connectivity index (χ2v) is 9.60. The summed E-state index contributed by atoms with van der Waals surface area (Å²) in [5, 5.41) is 6.01. The third-order valence-corrected chi connectivity index (χ3v) is 5.86. The molecule has 0 bridgehead atoms. The van der Waals surface area contributed by atoms with Crippen LogP contribution in [0, 0.1) is 0 Å². The van der Waals surface area contributed by atoms with E-state index >= 15 is 0 Å². The first-order chi connectivity index (χ1) is 16.3. The third-order valence-electron chi connectivity index (χ3n) is 5.86. The Hall–Kier alpha value is -3.10. The zero-order valence-electron chi connectivity index (χ0n) is 20.2. The van der Waals surface area contributed by atoms with E-state index in [4.69, 9.17) is 9.47 Å². The molecule has 8 nitrogen and oxygen atoms in total. The number of morpholine rings is 2. The van der Waals surface area contributed by atoms with E-state index in [1.54, 1.807) is 24.3 Å². The summed E-state index contributed by atoms with van der Waals surface area (Å²) in [4.78, 5) is 30.7. The van der Waals surface area contributed by atoms with Gasteiger partial charge in [0.1, 0.15) is 0 Å². The van der Waals surface area contributed by atoms with E-state index in [9.17, 15) is 9.59 Å².